The SMILES string of the molecule is COc1ccc(NC(=O)CN(Cc2ccc(C(F)(F)F)cc2)C(=O)C[C@H]2[C@H](c3c(C)[nH]c4ccccc34)C2(C)C)cc1. The fourth-order valence-corrected chi connectivity index (χ4v) is 6.01. The molecule has 2 N–H and O–H groups in total. The quantitative estimate of drug-likeness (QED) is 0.219. The molecular weight excluding hydrogens is 543 g/mol. The number of para-hydroxylation sites is 1. The molecule has 220 valence electrons. The highest BCUT2D eigenvalue weighted by Gasteiger charge is 2.59. The van der Waals surface area contributed by atoms with Crippen LogP contribution in [0.15, 0.2) is 72.8 Å². The van der Waals surface area contributed by atoms with Gasteiger partial charge >= 0.3 is 6.18 Å². The van der Waals surface area contributed by atoms with Crippen LogP contribution in [-0.2, 0) is 22.3 Å². The Labute approximate surface area is 242 Å². The van der Waals surface area contributed by atoms with Gasteiger partial charge in [-0.25, -0.2) is 0 Å². The minimum atomic E-state index is -4.46. The van der Waals surface area contributed by atoms with Crippen LogP contribution in [0.2, 0.25) is 0 Å². The molecule has 1 aromatic heterocycles. The van der Waals surface area contributed by atoms with E-state index in [1.165, 1.54) is 22.6 Å². The maximum atomic E-state index is 13.8. The summed E-state index contributed by atoms with van der Waals surface area (Å²) in [6, 6.07) is 19.6. The number of rotatable bonds is 9. The lowest BCUT2D eigenvalue weighted by Crippen LogP contribution is -2.38. The van der Waals surface area contributed by atoms with Crippen LogP contribution in [-0.4, -0.2) is 35.4 Å². The highest BCUT2D eigenvalue weighted by Crippen LogP contribution is 2.67. The zero-order chi connectivity index (χ0) is 30.2. The van der Waals surface area contributed by atoms with Gasteiger partial charge in [-0.2, -0.15) is 13.2 Å². The number of ether oxygens (including phenoxy) is 1. The van der Waals surface area contributed by atoms with Crippen LogP contribution in [0.1, 0.15) is 48.6 Å². The molecule has 2 atom stereocenters. The number of aryl methyl sites for hydroxylation is 1. The van der Waals surface area contributed by atoms with E-state index in [0.717, 1.165) is 28.7 Å². The molecule has 0 aliphatic heterocycles. The van der Waals surface area contributed by atoms with Gasteiger partial charge in [0.05, 0.1) is 12.7 Å². The second kappa shape index (κ2) is 11.2. The Morgan fingerprint density at radius 1 is 1.00 bits per heavy atom. The monoisotopic (exact) mass is 577 g/mol. The molecule has 0 spiro atoms. The van der Waals surface area contributed by atoms with E-state index in [1.54, 1.807) is 31.4 Å². The van der Waals surface area contributed by atoms with Crippen LogP contribution < -0.4 is 10.1 Å². The first-order chi connectivity index (χ1) is 19.9. The number of benzene rings is 3. The van der Waals surface area contributed by atoms with Crippen molar-refractivity contribution in [1.82, 2.24) is 9.88 Å². The van der Waals surface area contributed by atoms with Crippen molar-refractivity contribution in [2.45, 2.75) is 45.8 Å². The van der Waals surface area contributed by atoms with Crippen molar-refractivity contribution in [2.24, 2.45) is 11.3 Å². The van der Waals surface area contributed by atoms with E-state index in [4.69, 9.17) is 4.74 Å². The van der Waals surface area contributed by atoms with Crippen LogP contribution in [0.3, 0.4) is 0 Å². The maximum absolute atomic E-state index is 13.8. The number of aromatic amines is 1. The maximum Gasteiger partial charge on any atom is 0.416 e. The third-order valence-electron chi connectivity index (χ3n) is 8.42. The number of halogens is 3. The van der Waals surface area contributed by atoms with E-state index in [-0.39, 0.29) is 42.7 Å². The first-order valence-electron chi connectivity index (χ1n) is 13.8. The summed E-state index contributed by atoms with van der Waals surface area (Å²) < 4.78 is 44.5. The first kappa shape index (κ1) is 29.2. The minimum Gasteiger partial charge on any atom is -0.497 e. The molecule has 1 saturated carbocycles. The molecule has 42 heavy (non-hydrogen) atoms. The zero-order valence-corrected chi connectivity index (χ0v) is 24.0. The number of hydrogen-bond donors (Lipinski definition) is 2. The summed E-state index contributed by atoms with van der Waals surface area (Å²) in [5, 5.41) is 3.94. The van der Waals surface area contributed by atoms with Crippen molar-refractivity contribution in [3.8, 4) is 5.75 Å². The predicted octanol–water partition coefficient (Wildman–Crippen LogP) is 7.30. The number of aromatic nitrogens is 1. The summed E-state index contributed by atoms with van der Waals surface area (Å²) in [4.78, 5) is 31.7. The van der Waals surface area contributed by atoms with Crippen molar-refractivity contribution in [2.75, 3.05) is 19.0 Å². The lowest BCUT2D eigenvalue weighted by molar-refractivity contribution is -0.137. The molecule has 0 radical (unpaired) electrons. The lowest BCUT2D eigenvalue weighted by Gasteiger charge is -2.23. The number of alkyl halides is 3. The van der Waals surface area contributed by atoms with E-state index in [0.29, 0.717) is 17.0 Å². The van der Waals surface area contributed by atoms with Gasteiger partial charge in [0.2, 0.25) is 11.8 Å². The third kappa shape index (κ3) is 6.00. The van der Waals surface area contributed by atoms with E-state index >= 15 is 0 Å². The number of methoxy groups -OCH3 is 1. The van der Waals surface area contributed by atoms with E-state index in [9.17, 15) is 22.8 Å². The summed E-state index contributed by atoms with van der Waals surface area (Å²) in [6.45, 7) is 6.11. The molecule has 1 aliphatic rings. The number of fused-ring (bicyclic) bond motifs is 1. The van der Waals surface area contributed by atoms with Gasteiger partial charge < -0.3 is 19.9 Å². The van der Waals surface area contributed by atoms with Gasteiger partial charge in [-0.3, -0.25) is 9.59 Å². The normalized spacial score (nSPS) is 17.6. The molecule has 2 amide bonds. The van der Waals surface area contributed by atoms with E-state index in [2.05, 4.69) is 30.2 Å². The van der Waals surface area contributed by atoms with Crippen LogP contribution in [0.5, 0.6) is 5.75 Å². The Hall–Kier alpha value is -4.27. The highest BCUT2D eigenvalue weighted by molar-refractivity contribution is 5.94. The molecular formula is C33H34F3N3O3. The summed E-state index contributed by atoms with van der Waals surface area (Å²) in [6.07, 6.45) is -4.24. The zero-order valence-electron chi connectivity index (χ0n) is 24.0. The number of nitrogens with zero attached hydrogens (tertiary/aromatic N) is 1. The number of carbonyl (C=O) groups is 2. The Bertz CT molecular complexity index is 1590. The predicted molar refractivity (Wildman–Crippen MR) is 156 cm³/mol. The summed E-state index contributed by atoms with van der Waals surface area (Å²) in [5.74, 6) is 0.206. The minimum absolute atomic E-state index is 0.0108. The molecule has 6 nitrogen and oxygen atoms in total. The van der Waals surface area contributed by atoms with E-state index in [1.807, 2.05) is 25.1 Å². The van der Waals surface area contributed by atoms with Gasteiger partial charge in [0.25, 0.3) is 0 Å². The smallest absolute Gasteiger partial charge is 0.416 e. The molecule has 4 aromatic rings. The number of amides is 2. The average molecular weight is 578 g/mol. The number of hydrogen-bond acceptors (Lipinski definition) is 3. The van der Waals surface area contributed by atoms with Crippen LogP contribution in [0.25, 0.3) is 10.9 Å². The Kier molecular flexibility index (Phi) is 7.79. The summed E-state index contributed by atoms with van der Waals surface area (Å²) in [5.41, 5.74) is 3.48. The number of nitrogens with one attached hydrogen (secondary N) is 2. The lowest BCUT2D eigenvalue weighted by atomic mass is 10.0. The molecule has 0 unspecified atom stereocenters. The van der Waals surface area contributed by atoms with Crippen molar-refractivity contribution in [3.05, 3.63) is 95.2 Å². The third-order valence-corrected chi connectivity index (χ3v) is 8.42. The highest BCUT2D eigenvalue weighted by atomic mass is 19.4. The van der Waals surface area contributed by atoms with Crippen molar-refractivity contribution in [1.29, 1.82) is 0 Å². The van der Waals surface area contributed by atoms with Crippen LogP contribution >= 0.6 is 0 Å². The van der Waals surface area contributed by atoms with E-state index < -0.39 is 17.6 Å². The Morgan fingerprint density at radius 2 is 1.67 bits per heavy atom. The second-order valence-electron chi connectivity index (χ2n) is 11.5. The summed E-state index contributed by atoms with van der Waals surface area (Å²) in [7, 11) is 1.55. The van der Waals surface area contributed by atoms with Crippen molar-refractivity contribution >= 4 is 28.4 Å². The van der Waals surface area contributed by atoms with Gasteiger partial charge in [0, 0.05) is 35.2 Å². The van der Waals surface area contributed by atoms with Gasteiger partial charge in [0.15, 0.2) is 0 Å². The number of carbonyl (C=O) groups excluding carboxylic acids is 2. The molecule has 0 saturated heterocycles. The van der Waals surface area contributed by atoms with Gasteiger partial charge in [-0.05, 0) is 77.8 Å². The molecule has 0 bridgehead atoms. The standard InChI is InChI=1S/C33H34F3N3O3/c1-20-30(25-7-5-6-8-27(25)37-20)31-26(32(31,2)3)17-29(41)39(18-21-9-11-22(12-10-21)33(34,35)36)19-28(40)38-23-13-15-24(42-4)16-14-23/h5-16,26,31,37H,17-19H2,1-4H3,(H,38,40)/t26-,31+/m0/s1. The number of H-pyrrole nitrogens is 1. The molecule has 1 fully saturated rings. The molecule has 5 rings (SSSR count). The topological polar surface area (TPSA) is 74.4 Å². The fraction of sp³-hybridized carbons (Fsp3) is 0.333. The average Bonchev–Trinajstić information content (AvgIpc) is 3.29. The number of anilines is 1. The fourth-order valence-electron chi connectivity index (χ4n) is 6.01. The first-order valence-corrected chi connectivity index (χ1v) is 13.8. The van der Waals surface area contributed by atoms with Crippen LogP contribution in [0.4, 0.5) is 18.9 Å². The molecule has 1 heterocycles. The van der Waals surface area contributed by atoms with Gasteiger partial charge in [-0.15, -0.1) is 0 Å². The largest absolute Gasteiger partial charge is 0.497 e. The van der Waals surface area contributed by atoms with Crippen molar-refractivity contribution in [3.63, 3.8) is 0 Å². The Balaban J connectivity index is 1.35. The molecule has 9 heteroatoms. The summed E-state index contributed by atoms with van der Waals surface area (Å²) >= 11 is 0. The van der Waals surface area contributed by atoms with Gasteiger partial charge in [-0.1, -0.05) is 44.2 Å². The Morgan fingerprint density at radius 3 is 2.31 bits per heavy atom. The second-order valence-corrected chi connectivity index (χ2v) is 11.5. The molecule has 1 aliphatic carbocycles. The van der Waals surface area contributed by atoms with Gasteiger partial charge in [0.1, 0.15) is 12.3 Å². The van der Waals surface area contributed by atoms with Crippen LogP contribution in [0, 0.1) is 18.3 Å². The van der Waals surface area contributed by atoms with Crippen molar-refractivity contribution < 1.29 is 27.5 Å². The molecule has 3 aromatic carbocycles.